The molecule has 1 fully saturated rings. The first-order valence-electron chi connectivity index (χ1n) is 6.80. The Morgan fingerprint density at radius 3 is 2.83 bits per heavy atom. The fourth-order valence-corrected chi connectivity index (χ4v) is 2.91. The lowest BCUT2D eigenvalue weighted by atomic mass is 9.92. The Labute approximate surface area is 108 Å². The minimum Gasteiger partial charge on any atom is -0.493 e. The van der Waals surface area contributed by atoms with Gasteiger partial charge in [-0.25, -0.2) is 0 Å². The van der Waals surface area contributed by atoms with E-state index in [-0.39, 0.29) is 0 Å². The molecule has 2 aliphatic rings. The molecule has 1 saturated heterocycles. The maximum atomic E-state index is 9.96. The number of aliphatic hydroxyl groups is 1. The molecule has 0 aliphatic carbocycles. The number of ether oxygens (including phenoxy) is 1. The SMILES string of the molecule is CC1(O)CCN(CC2COc3ccccc32)CC1. The van der Waals surface area contributed by atoms with Gasteiger partial charge in [-0.1, -0.05) is 18.2 Å². The lowest BCUT2D eigenvalue weighted by Crippen LogP contribution is -2.43. The summed E-state index contributed by atoms with van der Waals surface area (Å²) in [6.07, 6.45) is 1.75. The molecular formula is C15H21NO2. The standard InChI is InChI=1S/C15H21NO2/c1-15(17)6-8-16(9-7-15)10-12-11-18-14-5-3-2-4-13(12)14/h2-5,12,17H,6-11H2,1H3. The predicted octanol–water partition coefficient (Wildman–Crippen LogP) is 2.01. The smallest absolute Gasteiger partial charge is 0.122 e. The summed E-state index contributed by atoms with van der Waals surface area (Å²) in [6, 6.07) is 8.34. The Kier molecular flexibility index (Phi) is 3.04. The fourth-order valence-electron chi connectivity index (χ4n) is 2.91. The monoisotopic (exact) mass is 247 g/mol. The van der Waals surface area contributed by atoms with Crippen LogP contribution in [0.15, 0.2) is 24.3 Å². The van der Waals surface area contributed by atoms with Crippen LogP contribution in [0.1, 0.15) is 31.2 Å². The van der Waals surface area contributed by atoms with E-state index < -0.39 is 5.60 Å². The van der Waals surface area contributed by atoms with Gasteiger partial charge in [-0.05, 0) is 25.8 Å². The van der Waals surface area contributed by atoms with Crippen molar-refractivity contribution in [2.75, 3.05) is 26.2 Å². The van der Waals surface area contributed by atoms with E-state index in [1.54, 1.807) is 0 Å². The Morgan fingerprint density at radius 1 is 1.33 bits per heavy atom. The molecule has 0 bridgehead atoms. The Morgan fingerprint density at radius 2 is 2.06 bits per heavy atom. The molecule has 1 aromatic carbocycles. The first-order chi connectivity index (χ1) is 8.64. The molecule has 1 unspecified atom stereocenters. The minimum absolute atomic E-state index is 0.458. The molecule has 3 heteroatoms. The van der Waals surface area contributed by atoms with Gasteiger partial charge in [-0.15, -0.1) is 0 Å². The zero-order valence-electron chi connectivity index (χ0n) is 10.9. The van der Waals surface area contributed by atoms with Crippen LogP contribution in [-0.4, -0.2) is 41.8 Å². The van der Waals surface area contributed by atoms with Gasteiger partial charge in [0.2, 0.25) is 0 Å². The van der Waals surface area contributed by atoms with Gasteiger partial charge in [0.15, 0.2) is 0 Å². The third-order valence-corrected chi connectivity index (χ3v) is 4.21. The molecule has 1 N–H and O–H groups in total. The Balaban J connectivity index is 1.62. The van der Waals surface area contributed by atoms with Gasteiger partial charge in [-0.3, -0.25) is 0 Å². The highest BCUT2D eigenvalue weighted by Gasteiger charge is 2.31. The summed E-state index contributed by atoms with van der Waals surface area (Å²) >= 11 is 0. The lowest BCUT2D eigenvalue weighted by Gasteiger charge is -2.36. The quantitative estimate of drug-likeness (QED) is 0.867. The molecular weight excluding hydrogens is 226 g/mol. The van der Waals surface area contributed by atoms with E-state index in [1.807, 2.05) is 13.0 Å². The average Bonchev–Trinajstić information content (AvgIpc) is 2.76. The Bertz CT molecular complexity index is 420. The molecule has 3 rings (SSSR count). The molecule has 0 amide bonds. The van der Waals surface area contributed by atoms with Crippen LogP contribution in [-0.2, 0) is 0 Å². The van der Waals surface area contributed by atoms with E-state index in [4.69, 9.17) is 4.74 Å². The van der Waals surface area contributed by atoms with Gasteiger partial charge in [0.05, 0.1) is 12.2 Å². The number of fused-ring (bicyclic) bond motifs is 1. The summed E-state index contributed by atoms with van der Waals surface area (Å²) in [7, 11) is 0. The van der Waals surface area contributed by atoms with Gasteiger partial charge in [0.25, 0.3) is 0 Å². The second-order valence-corrected chi connectivity index (χ2v) is 5.84. The highest BCUT2D eigenvalue weighted by Crippen LogP contribution is 2.34. The van der Waals surface area contributed by atoms with Crippen molar-refractivity contribution in [3.8, 4) is 5.75 Å². The number of benzene rings is 1. The molecule has 3 nitrogen and oxygen atoms in total. The largest absolute Gasteiger partial charge is 0.493 e. The molecule has 1 atom stereocenters. The summed E-state index contributed by atoms with van der Waals surface area (Å²) in [5, 5.41) is 9.96. The number of likely N-dealkylation sites (tertiary alicyclic amines) is 1. The van der Waals surface area contributed by atoms with Crippen molar-refractivity contribution in [1.29, 1.82) is 0 Å². The van der Waals surface area contributed by atoms with Crippen molar-refractivity contribution in [1.82, 2.24) is 4.90 Å². The molecule has 98 valence electrons. The summed E-state index contributed by atoms with van der Waals surface area (Å²) in [4.78, 5) is 2.45. The number of piperidine rings is 1. The summed E-state index contributed by atoms with van der Waals surface area (Å²) in [5.74, 6) is 1.54. The molecule has 0 saturated carbocycles. The third kappa shape index (κ3) is 2.38. The summed E-state index contributed by atoms with van der Waals surface area (Å²) in [5.41, 5.74) is 0.885. The molecule has 18 heavy (non-hydrogen) atoms. The fraction of sp³-hybridized carbons (Fsp3) is 0.600. The van der Waals surface area contributed by atoms with Gasteiger partial charge in [0, 0.05) is 31.1 Å². The second-order valence-electron chi connectivity index (χ2n) is 5.84. The van der Waals surface area contributed by atoms with Crippen LogP contribution in [0.3, 0.4) is 0 Å². The minimum atomic E-state index is -0.458. The van der Waals surface area contributed by atoms with Crippen molar-refractivity contribution in [3.63, 3.8) is 0 Å². The lowest BCUT2D eigenvalue weighted by molar-refractivity contribution is -0.00691. The maximum absolute atomic E-state index is 9.96. The molecule has 0 spiro atoms. The van der Waals surface area contributed by atoms with Crippen LogP contribution >= 0.6 is 0 Å². The van der Waals surface area contributed by atoms with Crippen LogP contribution < -0.4 is 4.74 Å². The van der Waals surface area contributed by atoms with Crippen molar-refractivity contribution < 1.29 is 9.84 Å². The highest BCUT2D eigenvalue weighted by molar-refractivity contribution is 5.39. The van der Waals surface area contributed by atoms with Crippen molar-refractivity contribution >= 4 is 0 Å². The number of nitrogens with zero attached hydrogens (tertiary/aromatic N) is 1. The zero-order valence-corrected chi connectivity index (χ0v) is 10.9. The van der Waals surface area contributed by atoms with E-state index in [0.717, 1.165) is 44.8 Å². The molecule has 2 aliphatic heterocycles. The Hall–Kier alpha value is -1.06. The van der Waals surface area contributed by atoms with Gasteiger partial charge in [-0.2, -0.15) is 0 Å². The van der Waals surface area contributed by atoms with Crippen LogP contribution in [0.5, 0.6) is 5.75 Å². The van der Waals surface area contributed by atoms with E-state index in [0.29, 0.717) is 5.92 Å². The normalized spacial score (nSPS) is 26.7. The van der Waals surface area contributed by atoms with Gasteiger partial charge in [0.1, 0.15) is 5.75 Å². The first-order valence-corrected chi connectivity index (χ1v) is 6.80. The van der Waals surface area contributed by atoms with Crippen LogP contribution in [0.25, 0.3) is 0 Å². The average molecular weight is 247 g/mol. The predicted molar refractivity (Wildman–Crippen MR) is 71.0 cm³/mol. The highest BCUT2D eigenvalue weighted by atomic mass is 16.5. The van der Waals surface area contributed by atoms with E-state index in [9.17, 15) is 5.11 Å². The number of hydrogen-bond acceptors (Lipinski definition) is 3. The third-order valence-electron chi connectivity index (χ3n) is 4.21. The molecule has 1 aromatic rings. The van der Waals surface area contributed by atoms with E-state index in [2.05, 4.69) is 23.1 Å². The maximum Gasteiger partial charge on any atom is 0.122 e. The zero-order chi connectivity index (χ0) is 12.6. The van der Waals surface area contributed by atoms with Gasteiger partial charge >= 0.3 is 0 Å². The number of rotatable bonds is 2. The molecule has 0 aromatic heterocycles. The summed E-state index contributed by atoms with van der Waals surface area (Å²) < 4.78 is 5.72. The number of hydrogen-bond donors (Lipinski definition) is 1. The second kappa shape index (κ2) is 4.56. The number of para-hydroxylation sites is 1. The van der Waals surface area contributed by atoms with Crippen LogP contribution in [0.2, 0.25) is 0 Å². The van der Waals surface area contributed by atoms with Crippen LogP contribution in [0, 0.1) is 0 Å². The van der Waals surface area contributed by atoms with Crippen molar-refractivity contribution in [3.05, 3.63) is 29.8 Å². The van der Waals surface area contributed by atoms with E-state index in [1.165, 1.54) is 5.56 Å². The molecule has 0 radical (unpaired) electrons. The first kappa shape index (κ1) is 12.0. The molecule has 2 heterocycles. The van der Waals surface area contributed by atoms with Crippen LogP contribution in [0.4, 0.5) is 0 Å². The van der Waals surface area contributed by atoms with Crippen molar-refractivity contribution in [2.45, 2.75) is 31.3 Å². The topological polar surface area (TPSA) is 32.7 Å². The van der Waals surface area contributed by atoms with E-state index >= 15 is 0 Å². The van der Waals surface area contributed by atoms with Gasteiger partial charge < -0.3 is 14.7 Å². The van der Waals surface area contributed by atoms with Crippen molar-refractivity contribution in [2.24, 2.45) is 0 Å². The summed E-state index contributed by atoms with van der Waals surface area (Å²) in [6.45, 7) is 5.77.